The summed E-state index contributed by atoms with van der Waals surface area (Å²) in [7, 11) is -1.60. The lowest BCUT2D eigenvalue weighted by Gasteiger charge is -2.60. The number of ketones is 1. The SMILES string of the molecule is C=CC[Si](C)(C)O[C@H]1CC[C@@]2(C)[C@H](CC[C@@H]3[C@@H]2CC[C@]2(C)C(=O)CC[C@@H]32)C1. The molecule has 4 fully saturated rings. The van der Waals surface area contributed by atoms with E-state index in [2.05, 4.69) is 33.5 Å². The Morgan fingerprint density at radius 3 is 2.63 bits per heavy atom. The molecule has 0 aromatic carbocycles. The predicted octanol–water partition coefficient (Wildman–Crippen LogP) is 6.37. The Morgan fingerprint density at radius 2 is 1.89 bits per heavy atom. The average molecular weight is 389 g/mol. The van der Waals surface area contributed by atoms with E-state index in [1.54, 1.807) is 0 Å². The van der Waals surface area contributed by atoms with Crippen LogP contribution in [-0.4, -0.2) is 20.2 Å². The Hall–Kier alpha value is -0.413. The minimum Gasteiger partial charge on any atom is -0.414 e. The van der Waals surface area contributed by atoms with E-state index in [-0.39, 0.29) is 5.41 Å². The molecule has 0 aromatic heterocycles. The molecule has 7 atom stereocenters. The van der Waals surface area contributed by atoms with Gasteiger partial charge in [0, 0.05) is 17.9 Å². The summed E-state index contributed by atoms with van der Waals surface area (Å²) in [5, 5.41) is 0. The fourth-order valence-corrected chi connectivity index (χ4v) is 9.85. The van der Waals surface area contributed by atoms with Gasteiger partial charge in [-0.15, -0.1) is 6.58 Å². The Morgan fingerprint density at radius 1 is 1.11 bits per heavy atom. The normalized spacial score (nSPS) is 47.1. The van der Waals surface area contributed by atoms with Crippen molar-refractivity contribution in [3.63, 3.8) is 0 Å². The van der Waals surface area contributed by atoms with Crippen molar-refractivity contribution in [3.8, 4) is 0 Å². The zero-order valence-corrected chi connectivity index (χ0v) is 19.1. The Bertz CT molecular complexity index is 614. The molecule has 3 heteroatoms. The van der Waals surface area contributed by atoms with Gasteiger partial charge in [-0.05, 0) is 99.6 Å². The zero-order chi connectivity index (χ0) is 19.4. The summed E-state index contributed by atoms with van der Waals surface area (Å²) in [5.74, 6) is 3.73. The highest BCUT2D eigenvalue weighted by atomic mass is 28.4. The highest BCUT2D eigenvalue weighted by molar-refractivity contribution is 6.71. The van der Waals surface area contributed by atoms with Crippen molar-refractivity contribution in [2.45, 2.75) is 96.9 Å². The molecule has 0 saturated heterocycles. The number of rotatable bonds is 4. The van der Waals surface area contributed by atoms with Crippen molar-refractivity contribution in [3.05, 3.63) is 12.7 Å². The number of hydrogen-bond donors (Lipinski definition) is 0. The lowest BCUT2D eigenvalue weighted by Crippen LogP contribution is -2.54. The first-order valence-corrected chi connectivity index (χ1v) is 14.6. The van der Waals surface area contributed by atoms with Crippen LogP contribution in [0.3, 0.4) is 0 Å². The molecule has 0 aliphatic heterocycles. The van der Waals surface area contributed by atoms with Gasteiger partial charge >= 0.3 is 0 Å². The van der Waals surface area contributed by atoms with E-state index < -0.39 is 8.32 Å². The van der Waals surface area contributed by atoms with Crippen LogP contribution in [0.5, 0.6) is 0 Å². The molecule has 27 heavy (non-hydrogen) atoms. The molecule has 152 valence electrons. The molecule has 0 spiro atoms. The van der Waals surface area contributed by atoms with E-state index in [4.69, 9.17) is 4.43 Å². The zero-order valence-electron chi connectivity index (χ0n) is 18.1. The molecule has 0 bridgehead atoms. The van der Waals surface area contributed by atoms with Gasteiger partial charge < -0.3 is 4.43 Å². The van der Waals surface area contributed by atoms with Crippen molar-refractivity contribution in [2.75, 3.05) is 0 Å². The second-order valence-electron chi connectivity index (χ2n) is 11.3. The Kier molecular flexibility index (Phi) is 5.03. The molecule has 4 saturated carbocycles. The molecule has 2 nitrogen and oxygen atoms in total. The molecular weight excluding hydrogens is 348 g/mol. The second kappa shape index (κ2) is 6.83. The van der Waals surface area contributed by atoms with E-state index >= 15 is 0 Å². The summed E-state index contributed by atoms with van der Waals surface area (Å²) in [4.78, 5) is 12.6. The number of Topliss-reactive ketones (excluding diaryl/α,β-unsaturated/α-hetero) is 1. The van der Waals surface area contributed by atoms with Gasteiger partial charge in [-0.25, -0.2) is 0 Å². The van der Waals surface area contributed by atoms with Crippen molar-refractivity contribution in [1.82, 2.24) is 0 Å². The van der Waals surface area contributed by atoms with Gasteiger partial charge in [0.15, 0.2) is 8.32 Å². The second-order valence-corrected chi connectivity index (χ2v) is 15.5. The van der Waals surface area contributed by atoms with Gasteiger partial charge in [0.25, 0.3) is 0 Å². The molecule has 4 aliphatic carbocycles. The minimum atomic E-state index is -1.60. The topological polar surface area (TPSA) is 26.3 Å². The fourth-order valence-electron chi connectivity index (χ4n) is 7.94. The maximum absolute atomic E-state index is 12.6. The lowest BCUT2D eigenvalue weighted by atomic mass is 9.45. The number of carbonyl (C=O) groups is 1. The monoisotopic (exact) mass is 388 g/mol. The van der Waals surface area contributed by atoms with E-state index in [9.17, 15) is 4.79 Å². The molecule has 0 radical (unpaired) electrons. The summed E-state index contributed by atoms with van der Waals surface area (Å²) in [5.41, 5.74) is 0.505. The first-order valence-electron chi connectivity index (χ1n) is 11.5. The summed E-state index contributed by atoms with van der Waals surface area (Å²) in [6, 6.07) is 1.06. The first-order chi connectivity index (χ1) is 12.7. The molecule has 0 amide bonds. The van der Waals surface area contributed by atoms with Gasteiger partial charge in [0.2, 0.25) is 0 Å². The van der Waals surface area contributed by atoms with Crippen LogP contribution in [0.2, 0.25) is 19.1 Å². The molecule has 0 heterocycles. The third kappa shape index (κ3) is 3.21. The standard InChI is InChI=1S/C24H40O2Si/c1-6-15-27(4,5)26-18-11-13-23(2)17(16-18)7-8-19-20-9-10-22(25)24(20,3)14-12-21(19)23/h6,17-21H,1,7-16H2,2-5H3/t17-,18+,19+,20+,21+,23+,24+/m1/s1. The highest BCUT2D eigenvalue weighted by Gasteiger charge is 2.60. The lowest BCUT2D eigenvalue weighted by molar-refractivity contribution is -0.141. The van der Waals surface area contributed by atoms with Crippen LogP contribution in [0.4, 0.5) is 0 Å². The Labute approximate surface area is 167 Å². The van der Waals surface area contributed by atoms with E-state index in [0.717, 1.165) is 36.6 Å². The minimum absolute atomic E-state index is 0.0188. The number of allylic oxidation sites excluding steroid dienone is 1. The van der Waals surface area contributed by atoms with Crippen LogP contribution < -0.4 is 0 Å². The third-order valence-electron chi connectivity index (χ3n) is 9.45. The van der Waals surface area contributed by atoms with E-state index in [1.165, 1.54) is 44.9 Å². The summed E-state index contributed by atoms with van der Waals surface area (Å²) < 4.78 is 6.67. The van der Waals surface area contributed by atoms with Gasteiger partial charge in [0.05, 0.1) is 0 Å². The number of fused-ring (bicyclic) bond motifs is 5. The van der Waals surface area contributed by atoms with Crippen molar-refractivity contribution in [1.29, 1.82) is 0 Å². The maximum Gasteiger partial charge on any atom is 0.190 e. The largest absolute Gasteiger partial charge is 0.414 e. The number of hydrogen-bond acceptors (Lipinski definition) is 2. The van der Waals surface area contributed by atoms with Crippen LogP contribution >= 0.6 is 0 Å². The van der Waals surface area contributed by atoms with Crippen LogP contribution in [0, 0.1) is 34.5 Å². The summed E-state index contributed by atoms with van der Waals surface area (Å²) in [6.45, 7) is 13.5. The quantitative estimate of drug-likeness (QED) is 0.413. The molecule has 4 rings (SSSR count). The summed E-state index contributed by atoms with van der Waals surface area (Å²) in [6.07, 6.45) is 13.6. The fraction of sp³-hybridized carbons (Fsp3) is 0.875. The van der Waals surface area contributed by atoms with Crippen molar-refractivity contribution in [2.24, 2.45) is 34.5 Å². The molecule has 0 N–H and O–H groups in total. The van der Waals surface area contributed by atoms with Crippen LogP contribution in [0.1, 0.15) is 71.6 Å². The van der Waals surface area contributed by atoms with E-state index in [1.807, 2.05) is 6.08 Å². The predicted molar refractivity (Wildman–Crippen MR) is 114 cm³/mol. The molecule has 0 aromatic rings. The maximum atomic E-state index is 12.6. The Balaban J connectivity index is 1.48. The van der Waals surface area contributed by atoms with Crippen molar-refractivity contribution >= 4 is 14.1 Å². The van der Waals surface area contributed by atoms with Gasteiger partial charge in [0.1, 0.15) is 5.78 Å². The van der Waals surface area contributed by atoms with Gasteiger partial charge in [-0.3, -0.25) is 4.79 Å². The first kappa shape index (κ1) is 19.9. The van der Waals surface area contributed by atoms with Crippen LogP contribution in [-0.2, 0) is 9.22 Å². The highest BCUT2D eigenvalue weighted by Crippen LogP contribution is 2.65. The van der Waals surface area contributed by atoms with Crippen LogP contribution in [0.25, 0.3) is 0 Å². The molecule has 4 aliphatic rings. The van der Waals surface area contributed by atoms with E-state index in [0.29, 0.717) is 23.2 Å². The summed E-state index contributed by atoms with van der Waals surface area (Å²) >= 11 is 0. The number of carbonyl (C=O) groups excluding carboxylic acids is 1. The van der Waals surface area contributed by atoms with Crippen LogP contribution in [0.15, 0.2) is 12.7 Å². The average Bonchev–Trinajstić information content (AvgIpc) is 2.90. The van der Waals surface area contributed by atoms with Crippen molar-refractivity contribution < 1.29 is 9.22 Å². The van der Waals surface area contributed by atoms with Gasteiger partial charge in [-0.2, -0.15) is 0 Å². The molecule has 0 unspecified atom stereocenters. The third-order valence-corrected chi connectivity index (χ3v) is 11.7. The van der Waals surface area contributed by atoms with Gasteiger partial charge in [-0.1, -0.05) is 19.9 Å². The smallest absolute Gasteiger partial charge is 0.190 e. The molecular formula is C24H40O2Si.